The van der Waals surface area contributed by atoms with E-state index in [4.69, 9.17) is 0 Å². The Morgan fingerprint density at radius 3 is 1.79 bits per heavy atom. The van der Waals surface area contributed by atoms with E-state index in [1.54, 1.807) is 0 Å². The van der Waals surface area contributed by atoms with Gasteiger partial charge < -0.3 is 0 Å². The molecule has 0 fully saturated rings. The van der Waals surface area contributed by atoms with Crippen LogP contribution >= 0.6 is 0 Å². The molecular weight excluding hydrogens is 232 g/mol. The molecule has 0 N–H and O–H groups in total. The highest BCUT2D eigenvalue weighted by atomic mass is 16.1. The van der Waals surface area contributed by atoms with Gasteiger partial charge in [-0.25, -0.2) is 0 Å². The molecule has 0 spiro atoms. The second-order valence-corrected chi connectivity index (χ2v) is 5.90. The topological polar surface area (TPSA) is 17.1 Å². The Hall–Kier alpha value is -1.37. The first-order chi connectivity index (χ1) is 8.90. The molecular formula is C18H26O. The molecule has 0 unspecified atom stereocenters. The number of carbonyl (C=O) groups excluding carboxylic acids is 1. The summed E-state index contributed by atoms with van der Waals surface area (Å²) in [7, 11) is 0. The van der Waals surface area contributed by atoms with Crippen LogP contribution in [0.15, 0.2) is 30.4 Å². The van der Waals surface area contributed by atoms with Crippen LogP contribution in [-0.4, -0.2) is 6.29 Å². The monoisotopic (exact) mass is 258 g/mol. The van der Waals surface area contributed by atoms with Gasteiger partial charge in [0.25, 0.3) is 0 Å². The van der Waals surface area contributed by atoms with Crippen molar-refractivity contribution in [2.24, 2.45) is 0 Å². The molecule has 0 saturated carbocycles. The summed E-state index contributed by atoms with van der Waals surface area (Å²) >= 11 is 0. The molecule has 1 aromatic carbocycles. The molecule has 0 saturated heterocycles. The normalized spacial score (nSPS) is 12.8. The smallest absolute Gasteiger partial charge is 0.146 e. The van der Waals surface area contributed by atoms with Crippen molar-refractivity contribution in [3.63, 3.8) is 0 Å². The summed E-state index contributed by atoms with van der Waals surface area (Å²) in [5, 5.41) is 0. The van der Waals surface area contributed by atoms with E-state index in [0.717, 1.165) is 12.7 Å². The van der Waals surface area contributed by atoms with Crippen LogP contribution in [0.3, 0.4) is 0 Å². The van der Waals surface area contributed by atoms with Gasteiger partial charge in [-0.15, -0.1) is 0 Å². The summed E-state index contributed by atoms with van der Waals surface area (Å²) < 4.78 is 0. The molecule has 1 nitrogen and oxygen atoms in total. The van der Waals surface area contributed by atoms with E-state index in [-0.39, 0.29) is 5.92 Å². The minimum atomic E-state index is 0.147. The van der Waals surface area contributed by atoms with E-state index in [2.05, 4.69) is 59.4 Å². The minimum Gasteiger partial charge on any atom is -0.298 e. The Morgan fingerprint density at radius 2 is 1.47 bits per heavy atom. The number of hydrogen-bond donors (Lipinski definition) is 0. The van der Waals surface area contributed by atoms with Gasteiger partial charge in [-0.05, 0) is 40.5 Å². The van der Waals surface area contributed by atoms with E-state index in [1.165, 1.54) is 16.7 Å². The van der Waals surface area contributed by atoms with Gasteiger partial charge in [0.05, 0.1) is 0 Å². The maximum atomic E-state index is 11.0. The fourth-order valence-electron chi connectivity index (χ4n) is 2.36. The first-order valence-corrected chi connectivity index (χ1v) is 7.19. The van der Waals surface area contributed by atoms with Crippen LogP contribution in [0.4, 0.5) is 0 Å². The number of hydrogen-bond acceptors (Lipinski definition) is 1. The summed E-state index contributed by atoms with van der Waals surface area (Å²) in [6, 6.07) is 6.76. The molecule has 1 heteroatoms. The van der Waals surface area contributed by atoms with Gasteiger partial charge in [0.15, 0.2) is 0 Å². The average molecular weight is 258 g/mol. The molecule has 1 aromatic rings. The quantitative estimate of drug-likeness (QED) is 0.507. The lowest BCUT2D eigenvalue weighted by atomic mass is 9.85. The number of allylic oxidation sites excluding steroid dienone is 1. The summed E-state index contributed by atoms with van der Waals surface area (Å²) in [5.74, 6) is 1.15. The molecule has 0 amide bonds. The zero-order valence-electron chi connectivity index (χ0n) is 12.9. The molecule has 1 rings (SSSR count). The molecule has 19 heavy (non-hydrogen) atoms. The van der Waals surface area contributed by atoms with Crippen LogP contribution in [0.25, 0.3) is 0 Å². The van der Waals surface area contributed by atoms with Crippen molar-refractivity contribution in [1.82, 2.24) is 0 Å². The Bertz CT molecular complexity index is 429. The lowest BCUT2D eigenvalue weighted by Gasteiger charge is -2.20. The first-order valence-electron chi connectivity index (χ1n) is 7.19. The summed E-state index contributed by atoms with van der Waals surface area (Å²) in [6.07, 6.45) is 1.81. The average Bonchev–Trinajstić information content (AvgIpc) is 2.38. The third kappa shape index (κ3) is 3.79. The van der Waals surface area contributed by atoms with Gasteiger partial charge in [0, 0.05) is 5.92 Å². The molecule has 1 atom stereocenters. The Balaban J connectivity index is 3.32. The molecule has 0 heterocycles. The number of rotatable bonds is 6. The highest BCUT2D eigenvalue weighted by Crippen LogP contribution is 2.31. The van der Waals surface area contributed by atoms with E-state index in [0.29, 0.717) is 17.4 Å². The highest BCUT2D eigenvalue weighted by Gasteiger charge is 2.16. The van der Waals surface area contributed by atoms with Crippen molar-refractivity contribution in [1.29, 1.82) is 0 Å². The van der Waals surface area contributed by atoms with Crippen molar-refractivity contribution in [2.75, 3.05) is 0 Å². The standard InChI is InChI=1S/C18H26O/c1-7-18(14(6)11-19)17-9-15(12(2)3)8-16(10-17)13(4)5/h8-13,18H,6-7H2,1-5H3/t18-/m1/s1. The maximum absolute atomic E-state index is 11.0. The molecule has 0 bridgehead atoms. The third-order valence-electron chi connectivity index (χ3n) is 3.74. The SMILES string of the molecule is C=C(C=O)[C@@H](CC)c1cc(C(C)C)cc(C(C)C)c1. The second-order valence-electron chi connectivity index (χ2n) is 5.90. The maximum Gasteiger partial charge on any atom is 0.146 e. The minimum absolute atomic E-state index is 0.147. The lowest BCUT2D eigenvalue weighted by Crippen LogP contribution is -2.05. The van der Waals surface area contributed by atoms with Crippen molar-refractivity contribution in [3.8, 4) is 0 Å². The molecule has 104 valence electrons. The first kappa shape index (κ1) is 15.7. The fourth-order valence-corrected chi connectivity index (χ4v) is 2.36. The summed E-state index contributed by atoms with van der Waals surface area (Å²) in [5.41, 5.74) is 4.60. The van der Waals surface area contributed by atoms with Crippen molar-refractivity contribution < 1.29 is 4.79 Å². The van der Waals surface area contributed by atoms with Crippen LogP contribution < -0.4 is 0 Å². The van der Waals surface area contributed by atoms with E-state index in [1.807, 2.05) is 0 Å². The number of aldehydes is 1. The van der Waals surface area contributed by atoms with Crippen LogP contribution in [-0.2, 0) is 4.79 Å². The molecule has 0 aromatic heterocycles. The van der Waals surface area contributed by atoms with Crippen LogP contribution in [0.2, 0.25) is 0 Å². The zero-order chi connectivity index (χ0) is 14.6. The number of carbonyl (C=O) groups is 1. The van der Waals surface area contributed by atoms with E-state index in [9.17, 15) is 4.79 Å². The third-order valence-corrected chi connectivity index (χ3v) is 3.74. The Labute approximate surface area is 117 Å². The molecule has 0 aliphatic heterocycles. The second kappa shape index (κ2) is 6.70. The van der Waals surface area contributed by atoms with Crippen LogP contribution in [0, 0.1) is 0 Å². The predicted octanol–water partition coefficient (Wildman–Crippen LogP) is 5.18. The predicted molar refractivity (Wildman–Crippen MR) is 82.9 cm³/mol. The van der Waals surface area contributed by atoms with E-state index < -0.39 is 0 Å². The van der Waals surface area contributed by atoms with Gasteiger partial charge in [-0.3, -0.25) is 4.79 Å². The molecule has 0 aliphatic rings. The van der Waals surface area contributed by atoms with Gasteiger partial charge in [0.1, 0.15) is 6.29 Å². The number of benzene rings is 1. The van der Waals surface area contributed by atoms with Gasteiger partial charge >= 0.3 is 0 Å². The largest absolute Gasteiger partial charge is 0.298 e. The van der Waals surface area contributed by atoms with Crippen molar-refractivity contribution in [3.05, 3.63) is 47.0 Å². The molecule has 0 radical (unpaired) electrons. The van der Waals surface area contributed by atoms with Crippen molar-refractivity contribution in [2.45, 2.75) is 58.8 Å². The van der Waals surface area contributed by atoms with Gasteiger partial charge in [-0.2, -0.15) is 0 Å². The summed E-state index contributed by atoms with van der Waals surface area (Å²) in [4.78, 5) is 11.0. The lowest BCUT2D eigenvalue weighted by molar-refractivity contribution is -0.105. The van der Waals surface area contributed by atoms with Gasteiger partial charge in [0.2, 0.25) is 0 Å². The van der Waals surface area contributed by atoms with Gasteiger partial charge in [-0.1, -0.05) is 59.4 Å². The summed E-state index contributed by atoms with van der Waals surface area (Å²) in [6.45, 7) is 14.8. The fraction of sp³-hybridized carbons (Fsp3) is 0.500. The molecule has 0 aliphatic carbocycles. The highest BCUT2D eigenvalue weighted by molar-refractivity contribution is 5.75. The Morgan fingerprint density at radius 1 is 1.05 bits per heavy atom. The zero-order valence-corrected chi connectivity index (χ0v) is 12.9. The van der Waals surface area contributed by atoms with Crippen LogP contribution in [0.5, 0.6) is 0 Å². The van der Waals surface area contributed by atoms with E-state index >= 15 is 0 Å². The van der Waals surface area contributed by atoms with Crippen molar-refractivity contribution >= 4 is 6.29 Å². The Kier molecular flexibility index (Phi) is 5.53. The van der Waals surface area contributed by atoms with Crippen LogP contribution in [0.1, 0.15) is 75.5 Å².